The molecule has 1 aromatic heterocycles. The minimum atomic E-state index is -0.205. The average molecular weight is 570 g/mol. The molecule has 3 aromatic carbocycles. The van der Waals surface area contributed by atoms with Gasteiger partial charge in [0, 0.05) is 21.7 Å². The average Bonchev–Trinajstić information content (AvgIpc) is 2.95. The number of anilines is 1. The van der Waals surface area contributed by atoms with Crippen molar-refractivity contribution < 1.29 is 4.79 Å². The molecule has 2 aliphatic rings. The fourth-order valence-corrected chi connectivity index (χ4v) is 7.23. The Hall–Kier alpha value is -3.35. The predicted molar refractivity (Wildman–Crippen MR) is 164 cm³/mol. The maximum absolute atomic E-state index is 14.6. The van der Waals surface area contributed by atoms with Crippen LogP contribution in [-0.2, 0) is 16.6 Å². The van der Waals surface area contributed by atoms with E-state index in [-0.39, 0.29) is 22.6 Å². The van der Waals surface area contributed by atoms with Gasteiger partial charge >= 0.3 is 0 Å². The smallest absolute Gasteiger partial charge is 0.263 e. The molecule has 0 aliphatic heterocycles. The lowest BCUT2D eigenvalue weighted by molar-refractivity contribution is -0.113. The number of fused-ring (bicyclic) bond motifs is 4. The summed E-state index contributed by atoms with van der Waals surface area (Å²) in [7, 11) is 0. The van der Waals surface area contributed by atoms with Crippen LogP contribution in [0.3, 0.4) is 0 Å². The van der Waals surface area contributed by atoms with E-state index >= 15 is 0 Å². The lowest BCUT2D eigenvalue weighted by Crippen LogP contribution is -2.43. The lowest BCUT2D eigenvalue weighted by atomic mass is 9.62. The van der Waals surface area contributed by atoms with Crippen LogP contribution in [-0.4, -0.2) is 21.2 Å². The number of hydrogen-bond acceptors (Lipinski definition) is 4. The molecule has 1 fully saturated rings. The van der Waals surface area contributed by atoms with Crippen LogP contribution in [0.2, 0.25) is 5.02 Å². The number of carbonyl (C=O) groups excluding carboxylic acids is 1. The van der Waals surface area contributed by atoms with Gasteiger partial charge in [0.1, 0.15) is 0 Å². The molecule has 0 saturated heterocycles. The van der Waals surface area contributed by atoms with Gasteiger partial charge in [-0.2, -0.15) is 0 Å². The van der Waals surface area contributed by atoms with Crippen LogP contribution < -0.4 is 10.9 Å². The summed E-state index contributed by atoms with van der Waals surface area (Å²) in [6.07, 6.45) is 6.29. The molecule has 40 heavy (non-hydrogen) atoms. The summed E-state index contributed by atoms with van der Waals surface area (Å²) in [6, 6.07) is 21.7. The second-order valence-electron chi connectivity index (χ2n) is 11.1. The molecule has 5 nitrogen and oxygen atoms in total. The van der Waals surface area contributed by atoms with Crippen molar-refractivity contribution in [3.63, 3.8) is 0 Å². The Bertz CT molecular complexity index is 1660. The highest BCUT2D eigenvalue weighted by Gasteiger charge is 2.43. The van der Waals surface area contributed by atoms with Crippen LogP contribution in [0.25, 0.3) is 16.9 Å². The summed E-state index contributed by atoms with van der Waals surface area (Å²) < 4.78 is 1.73. The Labute approximate surface area is 244 Å². The van der Waals surface area contributed by atoms with Crippen LogP contribution in [0.4, 0.5) is 5.69 Å². The molecule has 0 radical (unpaired) electrons. The Morgan fingerprint density at radius 3 is 2.55 bits per heavy atom. The van der Waals surface area contributed by atoms with E-state index in [0.29, 0.717) is 15.9 Å². The second-order valence-corrected chi connectivity index (χ2v) is 12.4. The van der Waals surface area contributed by atoms with E-state index in [0.717, 1.165) is 65.7 Å². The molecule has 0 unspecified atom stereocenters. The molecule has 2 aliphatic carbocycles. The maximum Gasteiger partial charge on any atom is 0.263 e. The van der Waals surface area contributed by atoms with Crippen molar-refractivity contribution in [3.05, 3.63) is 104 Å². The number of rotatable bonds is 5. The first-order valence-corrected chi connectivity index (χ1v) is 15.2. The van der Waals surface area contributed by atoms with Crippen LogP contribution in [0.15, 0.2) is 76.7 Å². The zero-order valence-corrected chi connectivity index (χ0v) is 24.4. The first-order valence-electron chi connectivity index (χ1n) is 13.9. The number of hydrogen-bond donors (Lipinski definition) is 1. The number of aryl methyl sites for hydroxylation is 2. The van der Waals surface area contributed by atoms with Gasteiger partial charge in [0.15, 0.2) is 5.16 Å². The van der Waals surface area contributed by atoms with Crippen LogP contribution in [0.5, 0.6) is 0 Å². The van der Waals surface area contributed by atoms with Gasteiger partial charge in [0.05, 0.1) is 22.7 Å². The Kier molecular flexibility index (Phi) is 7.32. The van der Waals surface area contributed by atoms with Crippen molar-refractivity contribution in [2.24, 2.45) is 0 Å². The fourth-order valence-electron chi connectivity index (χ4n) is 6.25. The third-order valence-electron chi connectivity index (χ3n) is 8.29. The molecule has 1 N–H and O–H groups in total. The quantitative estimate of drug-likeness (QED) is 0.198. The molecule has 1 saturated carbocycles. The Morgan fingerprint density at radius 2 is 1.77 bits per heavy atom. The van der Waals surface area contributed by atoms with Crippen molar-refractivity contribution in [3.8, 4) is 16.9 Å². The summed E-state index contributed by atoms with van der Waals surface area (Å²) in [4.78, 5) is 32.9. The summed E-state index contributed by atoms with van der Waals surface area (Å²) >= 11 is 7.44. The molecule has 1 heterocycles. The van der Waals surface area contributed by atoms with Crippen LogP contribution in [0.1, 0.15) is 54.4 Å². The largest absolute Gasteiger partial charge is 0.325 e. The highest BCUT2D eigenvalue weighted by molar-refractivity contribution is 7.99. The molecule has 7 heteroatoms. The number of nitrogens with one attached hydrogen (secondary N) is 1. The molecular formula is C33H32ClN3O2S. The molecule has 4 aromatic rings. The number of thioether (sulfide) groups is 1. The van der Waals surface area contributed by atoms with Gasteiger partial charge in [0.25, 0.3) is 5.56 Å². The van der Waals surface area contributed by atoms with Crippen molar-refractivity contribution in [1.82, 2.24) is 9.55 Å². The van der Waals surface area contributed by atoms with Crippen LogP contribution in [0, 0.1) is 13.8 Å². The number of aromatic nitrogens is 2. The minimum Gasteiger partial charge on any atom is -0.325 e. The van der Waals surface area contributed by atoms with E-state index in [1.807, 2.05) is 50.2 Å². The number of nitrogens with zero attached hydrogens (tertiary/aromatic N) is 2. The Balaban J connectivity index is 1.46. The summed E-state index contributed by atoms with van der Waals surface area (Å²) in [6.45, 7) is 3.96. The van der Waals surface area contributed by atoms with Gasteiger partial charge < -0.3 is 5.32 Å². The zero-order chi connectivity index (χ0) is 27.9. The SMILES string of the molecule is Cc1ccc(-n2c(SCC(=O)Nc3cc(Cl)ccc3C)nc3c(c2=O)C2(CCCCC2)Cc2ccccc2-3)cc1. The van der Waals surface area contributed by atoms with Gasteiger partial charge in [-0.05, 0) is 68.5 Å². The third kappa shape index (κ3) is 4.99. The Morgan fingerprint density at radius 1 is 1.02 bits per heavy atom. The number of halogens is 1. The van der Waals surface area contributed by atoms with Crippen molar-refractivity contribution in [2.75, 3.05) is 11.1 Å². The lowest BCUT2D eigenvalue weighted by Gasteiger charge is -2.42. The fraction of sp³-hybridized carbons (Fsp3) is 0.303. The van der Waals surface area contributed by atoms with Gasteiger partial charge in [-0.25, -0.2) is 4.98 Å². The molecule has 0 atom stereocenters. The number of benzene rings is 3. The highest BCUT2D eigenvalue weighted by Crippen LogP contribution is 2.49. The van der Waals surface area contributed by atoms with Crippen molar-refractivity contribution in [1.29, 1.82) is 0 Å². The van der Waals surface area contributed by atoms with Gasteiger partial charge in [0.2, 0.25) is 5.91 Å². The monoisotopic (exact) mass is 569 g/mol. The number of amides is 1. The molecule has 1 amide bonds. The van der Waals surface area contributed by atoms with E-state index in [2.05, 4.69) is 23.5 Å². The van der Waals surface area contributed by atoms with Gasteiger partial charge in [-0.3, -0.25) is 14.2 Å². The second kappa shape index (κ2) is 10.9. The summed E-state index contributed by atoms with van der Waals surface area (Å²) in [5.41, 5.74) is 7.18. The van der Waals surface area contributed by atoms with E-state index in [1.54, 1.807) is 16.7 Å². The standard InChI is InChI=1S/C33H32ClN3O2S/c1-21-10-14-25(15-11-21)37-31(39)29-30(26-9-5-4-8-23(26)19-33(29)16-6-3-7-17-33)36-32(37)40-20-28(38)35-27-18-24(34)13-12-22(27)2/h4-5,8-15,18H,3,6-7,16-17,19-20H2,1-2H3,(H,35,38). The molecule has 204 valence electrons. The number of carbonyl (C=O) groups is 1. The predicted octanol–water partition coefficient (Wildman–Crippen LogP) is 7.66. The van der Waals surface area contributed by atoms with E-state index in [1.165, 1.54) is 23.7 Å². The highest BCUT2D eigenvalue weighted by atomic mass is 35.5. The van der Waals surface area contributed by atoms with E-state index in [4.69, 9.17) is 16.6 Å². The van der Waals surface area contributed by atoms with Crippen molar-refractivity contribution >= 4 is 35.0 Å². The zero-order valence-electron chi connectivity index (χ0n) is 22.8. The van der Waals surface area contributed by atoms with Gasteiger partial charge in [-0.1, -0.05) is 90.7 Å². The van der Waals surface area contributed by atoms with Gasteiger partial charge in [-0.15, -0.1) is 0 Å². The maximum atomic E-state index is 14.6. The summed E-state index contributed by atoms with van der Waals surface area (Å²) in [5, 5.41) is 4.05. The molecule has 6 rings (SSSR count). The van der Waals surface area contributed by atoms with E-state index < -0.39 is 0 Å². The topological polar surface area (TPSA) is 64.0 Å². The first kappa shape index (κ1) is 26.9. The normalized spacial score (nSPS) is 15.4. The van der Waals surface area contributed by atoms with E-state index in [9.17, 15) is 9.59 Å². The summed E-state index contributed by atoms with van der Waals surface area (Å²) in [5.74, 6) is -0.0718. The first-order chi connectivity index (χ1) is 19.3. The third-order valence-corrected chi connectivity index (χ3v) is 9.47. The van der Waals surface area contributed by atoms with Crippen LogP contribution >= 0.6 is 23.4 Å². The molecule has 0 bridgehead atoms. The molecular weight excluding hydrogens is 538 g/mol. The minimum absolute atomic E-state index is 0.0150. The van der Waals surface area contributed by atoms with Crippen molar-refractivity contribution in [2.45, 2.75) is 62.9 Å². The molecule has 1 spiro atoms.